The summed E-state index contributed by atoms with van der Waals surface area (Å²) in [4.78, 5) is 55.0. The number of ether oxygens (including phenoxy) is 2. The molecule has 0 aliphatic carbocycles. The molecule has 6 N–H and O–H groups in total. The molecule has 5 rings (SSSR count). The number of benzene rings is 5. The summed E-state index contributed by atoms with van der Waals surface area (Å²) < 4.78 is 12.4. The lowest BCUT2D eigenvalue weighted by Crippen LogP contribution is -2.43. The smallest absolute Gasteiger partial charge is 0.255 e. The van der Waals surface area contributed by atoms with Crippen molar-refractivity contribution in [2.24, 2.45) is 11.1 Å². The minimum atomic E-state index is -0.866. The fraction of sp³-hybridized carbons (Fsp3) is 0.358. The van der Waals surface area contributed by atoms with Crippen LogP contribution >= 0.6 is 0 Å². The van der Waals surface area contributed by atoms with Crippen molar-refractivity contribution in [2.75, 3.05) is 32.7 Å². The maximum Gasteiger partial charge on any atom is 0.255 e. The molecule has 11 heteroatoms. The molecule has 0 aliphatic heterocycles. The van der Waals surface area contributed by atoms with E-state index in [-0.39, 0.29) is 23.6 Å². The Morgan fingerprint density at radius 2 is 0.859 bits per heavy atom. The average molecular weight is 868 g/mol. The van der Waals surface area contributed by atoms with Gasteiger partial charge in [-0.1, -0.05) is 97.1 Å². The largest absolute Gasteiger partial charge is 0.488 e. The fourth-order valence-corrected chi connectivity index (χ4v) is 7.88. The number of hydrogen-bond donors (Lipinski definition) is 5. The molecule has 0 saturated carbocycles. The van der Waals surface area contributed by atoms with E-state index >= 15 is 0 Å². The topological polar surface area (TPSA) is 161 Å². The van der Waals surface area contributed by atoms with Gasteiger partial charge >= 0.3 is 0 Å². The third-order valence-corrected chi connectivity index (χ3v) is 11.7. The van der Waals surface area contributed by atoms with E-state index in [4.69, 9.17) is 15.2 Å². The molecule has 0 aromatic heterocycles. The standard InChI is InChI=1S/C53H65N5O6/c1-38-18-11-25-44(41(38)4)49(59)55-32-14-28-53(52(62)58-35-17-31-54,29-15-33-56-50(60)45-26-12-19-39(2)47(45)63-36-42-21-7-5-8-22-42)30-16-34-57-51(61)46-27-13-20-40(3)48(46)64-37-43-23-9-6-10-24-43/h5-13,18-27H,14-17,28-37,54H2,1-4H3,(H,55,59)(H,56,60)(H,57,61)(H,58,62). The molecule has 0 heterocycles. The van der Waals surface area contributed by atoms with Crippen molar-refractivity contribution in [1.29, 1.82) is 0 Å². The van der Waals surface area contributed by atoms with Gasteiger partial charge in [0.2, 0.25) is 5.91 Å². The first-order chi connectivity index (χ1) is 31.0. The summed E-state index contributed by atoms with van der Waals surface area (Å²) in [5.41, 5.74) is 12.1. The van der Waals surface area contributed by atoms with Gasteiger partial charge in [0.1, 0.15) is 24.7 Å². The first kappa shape index (κ1) is 48.6. The second-order valence-corrected chi connectivity index (χ2v) is 16.5. The Balaban J connectivity index is 1.28. The van der Waals surface area contributed by atoms with Crippen LogP contribution in [0.25, 0.3) is 0 Å². The Kier molecular flexibility index (Phi) is 19.0. The summed E-state index contributed by atoms with van der Waals surface area (Å²) >= 11 is 0. The van der Waals surface area contributed by atoms with Crippen LogP contribution in [-0.2, 0) is 18.0 Å². The number of aryl methyl sites for hydroxylation is 3. The van der Waals surface area contributed by atoms with E-state index < -0.39 is 5.41 Å². The highest BCUT2D eigenvalue weighted by molar-refractivity contribution is 5.98. The first-order valence-corrected chi connectivity index (χ1v) is 22.4. The van der Waals surface area contributed by atoms with Crippen molar-refractivity contribution in [3.8, 4) is 11.5 Å². The Labute approximate surface area is 378 Å². The number of nitrogens with two attached hydrogens (primary N) is 1. The maximum atomic E-state index is 14.4. The predicted octanol–water partition coefficient (Wildman–Crippen LogP) is 8.46. The lowest BCUT2D eigenvalue weighted by Gasteiger charge is -2.33. The number of carbonyl (C=O) groups excluding carboxylic acids is 4. The molecule has 0 bridgehead atoms. The second-order valence-electron chi connectivity index (χ2n) is 16.5. The average Bonchev–Trinajstić information content (AvgIpc) is 3.30. The van der Waals surface area contributed by atoms with E-state index in [0.717, 1.165) is 33.4 Å². The zero-order valence-electron chi connectivity index (χ0n) is 37.9. The highest BCUT2D eigenvalue weighted by Gasteiger charge is 2.37. The van der Waals surface area contributed by atoms with Gasteiger partial charge in [0, 0.05) is 37.2 Å². The molecule has 0 fully saturated rings. The summed E-state index contributed by atoms with van der Waals surface area (Å²) in [6.07, 6.45) is 3.57. The van der Waals surface area contributed by atoms with E-state index in [2.05, 4.69) is 21.3 Å². The number of nitrogens with one attached hydrogen (secondary N) is 4. The van der Waals surface area contributed by atoms with E-state index in [0.29, 0.717) is 119 Å². The van der Waals surface area contributed by atoms with E-state index in [9.17, 15) is 19.2 Å². The minimum absolute atomic E-state index is 0.106. The number of para-hydroxylation sites is 2. The third kappa shape index (κ3) is 14.0. The van der Waals surface area contributed by atoms with Gasteiger partial charge in [0.25, 0.3) is 17.7 Å². The highest BCUT2D eigenvalue weighted by Crippen LogP contribution is 2.36. The molecular formula is C53H65N5O6. The highest BCUT2D eigenvalue weighted by atomic mass is 16.5. The second kappa shape index (κ2) is 25.0. The normalized spacial score (nSPS) is 11.1. The Hall–Kier alpha value is -6.46. The molecule has 0 unspecified atom stereocenters. The van der Waals surface area contributed by atoms with Gasteiger partial charge in [-0.3, -0.25) is 19.2 Å². The minimum Gasteiger partial charge on any atom is -0.488 e. The van der Waals surface area contributed by atoms with Gasteiger partial charge in [0.15, 0.2) is 0 Å². The fourth-order valence-electron chi connectivity index (χ4n) is 7.88. The molecule has 0 aliphatic rings. The SMILES string of the molecule is Cc1cccc(C(=O)NCCCC(CCCNC(=O)c2cccc(C)c2OCc2ccccc2)(CCCNC(=O)c2cccc(C)c2OCc2ccccc2)C(=O)NCCCN)c1C. The van der Waals surface area contributed by atoms with Crippen molar-refractivity contribution >= 4 is 23.6 Å². The van der Waals surface area contributed by atoms with Crippen LogP contribution in [0.5, 0.6) is 11.5 Å². The molecule has 0 radical (unpaired) electrons. The van der Waals surface area contributed by atoms with Gasteiger partial charge in [-0.25, -0.2) is 0 Å². The number of hydrogen-bond acceptors (Lipinski definition) is 7. The maximum absolute atomic E-state index is 14.4. The molecule has 0 saturated heterocycles. The van der Waals surface area contributed by atoms with Crippen molar-refractivity contribution in [1.82, 2.24) is 21.3 Å². The van der Waals surface area contributed by atoms with Crippen LogP contribution in [-0.4, -0.2) is 56.4 Å². The van der Waals surface area contributed by atoms with E-state index in [1.54, 1.807) is 12.1 Å². The molecule has 0 spiro atoms. The van der Waals surface area contributed by atoms with Gasteiger partial charge in [-0.2, -0.15) is 0 Å². The molecule has 5 aromatic rings. The van der Waals surface area contributed by atoms with Crippen molar-refractivity contribution in [3.63, 3.8) is 0 Å². The van der Waals surface area contributed by atoms with Crippen LogP contribution in [0.15, 0.2) is 115 Å². The van der Waals surface area contributed by atoms with Crippen LogP contribution in [0.3, 0.4) is 0 Å². The van der Waals surface area contributed by atoms with Gasteiger partial charge in [-0.15, -0.1) is 0 Å². The lowest BCUT2D eigenvalue weighted by molar-refractivity contribution is -0.132. The van der Waals surface area contributed by atoms with E-state index in [1.165, 1.54) is 0 Å². The molecule has 5 aromatic carbocycles. The number of amides is 4. The lowest BCUT2D eigenvalue weighted by atomic mass is 9.74. The molecule has 338 valence electrons. The first-order valence-electron chi connectivity index (χ1n) is 22.4. The monoisotopic (exact) mass is 867 g/mol. The number of rotatable bonds is 25. The summed E-state index contributed by atoms with van der Waals surface area (Å²) in [5, 5.41) is 12.4. The molecular weight excluding hydrogens is 803 g/mol. The van der Waals surface area contributed by atoms with Crippen molar-refractivity contribution in [2.45, 2.75) is 85.9 Å². The van der Waals surface area contributed by atoms with Crippen molar-refractivity contribution < 1.29 is 28.7 Å². The quantitative estimate of drug-likeness (QED) is 0.0368. The Bertz CT molecular complexity index is 2190. The molecule has 64 heavy (non-hydrogen) atoms. The Morgan fingerprint density at radius 1 is 0.469 bits per heavy atom. The summed E-state index contributed by atoms with van der Waals surface area (Å²) in [5.74, 6) is 0.280. The molecule has 11 nitrogen and oxygen atoms in total. The van der Waals surface area contributed by atoms with Crippen LogP contribution in [0, 0.1) is 33.1 Å². The zero-order chi connectivity index (χ0) is 45.7. The zero-order valence-corrected chi connectivity index (χ0v) is 37.9. The van der Waals surface area contributed by atoms with Gasteiger partial charge in [-0.05, 0) is 131 Å². The van der Waals surface area contributed by atoms with Crippen LogP contribution < -0.4 is 36.5 Å². The molecule has 4 amide bonds. The third-order valence-electron chi connectivity index (χ3n) is 11.7. The predicted molar refractivity (Wildman–Crippen MR) is 254 cm³/mol. The summed E-state index contributed by atoms with van der Waals surface area (Å²) in [6, 6.07) is 36.3. The summed E-state index contributed by atoms with van der Waals surface area (Å²) in [7, 11) is 0. The van der Waals surface area contributed by atoms with Crippen molar-refractivity contribution in [3.05, 3.63) is 165 Å². The Morgan fingerprint density at radius 3 is 1.30 bits per heavy atom. The van der Waals surface area contributed by atoms with Crippen LogP contribution in [0.1, 0.15) is 109 Å². The van der Waals surface area contributed by atoms with Gasteiger partial charge < -0.3 is 36.5 Å². The van der Waals surface area contributed by atoms with E-state index in [1.807, 2.05) is 131 Å². The molecule has 0 atom stereocenters. The van der Waals surface area contributed by atoms with Crippen LogP contribution in [0.4, 0.5) is 0 Å². The number of carbonyl (C=O) groups is 4. The van der Waals surface area contributed by atoms with Gasteiger partial charge in [0.05, 0.1) is 11.1 Å². The van der Waals surface area contributed by atoms with Crippen LogP contribution in [0.2, 0.25) is 0 Å². The summed E-state index contributed by atoms with van der Waals surface area (Å²) in [6.45, 7) is 10.3.